The second-order valence-electron chi connectivity index (χ2n) is 6.77. The second-order valence-corrected chi connectivity index (χ2v) is 6.77. The van der Waals surface area contributed by atoms with Crippen molar-refractivity contribution < 1.29 is 9.53 Å². The maximum Gasteiger partial charge on any atom is 0.253 e. The van der Waals surface area contributed by atoms with Gasteiger partial charge in [-0.25, -0.2) is 4.68 Å². The Bertz CT molecular complexity index is 994. The molecule has 1 saturated carbocycles. The van der Waals surface area contributed by atoms with Crippen LogP contribution < -0.4 is 4.74 Å². The summed E-state index contributed by atoms with van der Waals surface area (Å²) in [5, 5.41) is 4.39. The van der Waals surface area contributed by atoms with Crippen molar-refractivity contribution in [3.05, 3.63) is 54.1 Å². The molecule has 2 aromatic heterocycles. The molecular weight excluding hydrogens is 342 g/mol. The van der Waals surface area contributed by atoms with Crippen LogP contribution in [0.5, 0.6) is 5.88 Å². The molecular formula is C20H21N5O2. The molecule has 0 aliphatic heterocycles. The third kappa shape index (κ3) is 3.40. The van der Waals surface area contributed by atoms with Crippen molar-refractivity contribution in [3.63, 3.8) is 0 Å². The number of rotatable bonds is 5. The van der Waals surface area contributed by atoms with Gasteiger partial charge in [-0.2, -0.15) is 10.1 Å². The summed E-state index contributed by atoms with van der Waals surface area (Å²) in [6.07, 6.45) is 9.00. The number of methoxy groups -OCH3 is 1. The number of hydrogen-bond acceptors (Lipinski definition) is 5. The lowest BCUT2D eigenvalue weighted by molar-refractivity contribution is 0.0785. The van der Waals surface area contributed by atoms with Crippen LogP contribution in [0.1, 0.15) is 28.8 Å². The van der Waals surface area contributed by atoms with Gasteiger partial charge in [-0.15, -0.1) is 0 Å². The van der Waals surface area contributed by atoms with Crippen LogP contribution in [0.4, 0.5) is 0 Å². The average molecular weight is 363 g/mol. The minimum absolute atomic E-state index is 0.0600. The Balaban J connectivity index is 1.66. The van der Waals surface area contributed by atoms with Gasteiger partial charge in [0.15, 0.2) is 5.82 Å². The van der Waals surface area contributed by atoms with Gasteiger partial charge in [0.2, 0.25) is 5.88 Å². The molecule has 3 aromatic rings. The van der Waals surface area contributed by atoms with E-state index in [1.165, 1.54) is 0 Å². The summed E-state index contributed by atoms with van der Waals surface area (Å²) in [5.41, 5.74) is 3.67. The van der Waals surface area contributed by atoms with Gasteiger partial charge in [0.05, 0.1) is 25.7 Å². The first-order valence-electron chi connectivity index (χ1n) is 8.86. The molecule has 1 fully saturated rings. The first-order chi connectivity index (χ1) is 13.1. The monoisotopic (exact) mass is 363 g/mol. The van der Waals surface area contributed by atoms with E-state index in [0.29, 0.717) is 23.3 Å². The first kappa shape index (κ1) is 17.2. The van der Waals surface area contributed by atoms with Crippen LogP contribution in [0.15, 0.2) is 43.0 Å². The number of aryl methyl sites for hydroxylation is 1. The molecule has 1 aliphatic carbocycles. The molecule has 0 saturated heterocycles. The van der Waals surface area contributed by atoms with Crippen molar-refractivity contribution in [2.24, 2.45) is 0 Å². The SMILES string of the molecule is COc1cncc(-n2cc(-c3cc(C(=O)N(C)C4CC4)ccc3C)cn2)n1. The molecule has 0 bridgehead atoms. The lowest BCUT2D eigenvalue weighted by atomic mass is 10.00. The number of benzene rings is 1. The predicted molar refractivity (Wildman–Crippen MR) is 101 cm³/mol. The predicted octanol–water partition coefficient (Wildman–Crippen LogP) is 2.88. The van der Waals surface area contributed by atoms with Crippen molar-refractivity contribution in [2.45, 2.75) is 25.8 Å². The van der Waals surface area contributed by atoms with Gasteiger partial charge in [-0.05, 0) is 43.0 Å². The highest BCUT2D eigenvalue weighted by molar-refractivity contribution is 5.96. The zero-order valence-corrected chi connectivity index (χ0v) is 15.6. The van der Waals surface area contributed by atoms with E-state index >= 15 is 0 Å². The Labute approximate surface area is 157 Å². The van der Waals surface area contributed by atoms with E-state index in [1.54, 1.807) is 30.4 Å². The van der Waals surface area contributed by atoms with E-state index in [4.69, 9.17) is 4.74 Å². The third-order valence-corrected chi connectivity index (χ3v) is 4.84. The van der Waals surface area contributed by atoms with Gasteiger partial charge in [-0.1, -0.05) is 6.07 Å². The molecule has 0 atom stereocenters. The number of amides is 1. The van der Waals surface area contributed by atoms with Crippen LogP contribution in [0.25, 0.3) is 16.9 Å². The molecule has 0 radical (unpaired) electrons. The third-order valence-electron chi connectivity index (χ3n) is 4.84. The van der Waals surface area contributed by atoms with E-state index in [9.17, 15) is 4.79 Å². The lowest BCUT2D eigenvalue weighted by Gasteiger charge is -2.17. The largest absolute Gasteiger partial charge is 0.480 e. The van der Waals surface area contributed by atoms with Crippen LogP contribution in [-0.2, 0) is 0 Å². The van der Waals surface area contributed by atoms with Crippen molar-refractivity contribution in [1.82, 2.24) is 24.6 Å². The number of aromatic nitrogens is 4. The highest BCUT2D eigenvalue weighted by Crippen LogP contribution is 2.29. The summed E-state index contributed by atoms with van der Waals surface area (Å²) in [4.78, 5) is 23.0. The molecule has 0 spiro atoms. The maximum atomic E-state index is 12.7. The van der Waals surface area contributed by atoms with E-state index in [1.807, 2.05) is 43.3 Å². The minimum atomic E-state index is 0.0600. The molecule has 0 N–H and O–H groups in total. The molecule has 1 amide bonds. The normalized spacial score (nSPS) is 13.4. The Hall–Kier alpha value is -3.22. The number of ether oxygens (including phenoxy) is 1. The lowest BCUT2D eigenvalue weighted by Crippen LogP contribution is -2.28. The fourth-order valence-electron chi connectivity index (χ4n) is 3.03. The quantitative estimate of drug-likeness (QED) is 0.697. The highest BCUT2D eigenvalue weighted by atomic mass is 16.5. The fourth-order valence-corrected chi connectivity index (χ4v) is 3.03. The molecule has 4 rings (SSSR count). The minimum Gasteiger partial charge on any atom is -0.480 e. The second kappa shape index (κ2) is 6.83. The summed E-state index contributed by atoms with van der Waals surface area (Å²) in [6, 6.07) is 6.19. The molecule has 0 unspecified atom stereocenters. The number of nitrogens with zero attached hydrogens (tertiary/aromatic N) is 5. The zero-order chi connectivity index (χ0) is 19.0. The van der Waals surface area contributed by atoms with E-state index < -0.39 is 0 Å². The van der Waals surface area contributed by atoms with Crippen LogP contribution >= 0.6 is 0 Å². The van der Waals surface area contributed by atoms with Crippen molar-refractivity contribution >= 4 is 5.91 Å². The van der Waals surface area contributed by atoms with Crippen LogP contribution in [-0.4, -0.2) is 50.8 Å². The maximum absolute atomic E-state index is 12.7. The van der Waals surface area contributed by atoms with Gasteiger partial charge < -0.3 is 9.64 Å². The Morgan fingerprint density at radius 1 is 1.26 bits per heavy atom. The molecule has 7 heteroatoms. The summed E-state index contributed by atoms with van der Waals surface area (Å²) >= 11 is 0. The molecule has 1 aliphatic rings. The molecule has 138 valence electrons. The summed E-state index contributed by atoms with van der Waals surface area (Å²) < 4.78 is 6.77. The van der Waals surface area contributed by atoms with Crippen LogP contribution in [0.2, 0.25) is 0 Å². The topological polar surface area (TPSA) is 73.1 Å². The van der Waals surface area contributed by atoms with Gasteiger partial charge in [0.1, 0.15) is 0 Å². The van der Waals surface area contributed by atoms with Crippen molar-refractivity contribution in [2.75, 3.05) is 14.2 Å². The standard InChI is InChI=1S/C20H21N5O2/c1-13-4-5-14(20(26)24(2)16-6-7-16)8-17(13)15-9-22-25(12-15)18-10-21-11-19(23-18)27-3/h4-5,8-12,16H,6-7H2,1-3H3. The first-order valence-corrected chi connectivity index (χ1v) is 8.86. The van der Waals surface area contributed by atoms with E-state index in [0.717, 1.165) is 29.5 Å². The highest BCUT2D eigenvalue weighted by Gasteiger charge is 2.30. The molecule has 2 heterocycles. The summed E-state index contributed by atoms with van der Waals surface area (Å²) in [7, 11) is 3.42. The van der Waals surface area contributed by atoms with Gasteiger partial charge in [-0.3, -0.25) is 9.78 Å². The Kier molecular flexibility index (Phi) is 4.35. The fraction of sp³-hybridized carbons (Fsp3) is 0.300. The summed E-state index contributed by atoms with van der Waals surface area (Å²) in [6.45, 7) is 2.02. The molecule has 7 nitrogen and oxygen atoms in total. The van der Waals surface area contributed by atoms with Gasteiger partial charge in [0.25, 0.3) is 5.91 Å². The van der Waals surface area contributed by atoms with E-state index in [2.05, 4.69) is 15.1 Å². The van der Waals surface area contributed by atoms with E-state index in [-0.39, 0.29) is 5.91 Å². The van der Waals surface area contributed by atoms with Gasteiger partial charge in [0, 0.05) is 30.4 Å². The number of carbonyl (C=O) groups is 1. The van der Waals surface area contributed by atoms with Crippen LogP contribution in [0, 0.1) is 6.92 Å². The van der Waals surface area contributed by atoms with Crippen molar-refractivity contribution in [3.8, 4) is 22.8 Å². The smallest absolute Gasteiger partial charge is 0.253 e. The van der Waals surface area contributed by atoms with Gasteiger partial charge >= 0.3 is 0 Å². The van der Waals surface area contributed by atoms with Crippen LogP contribution in [0.3, 0.4) is 0 Å². The Morgan fingerprint density at radius 2 is 2.07 bits per heavy atom. The van der Waals surface area contributed by atoms with Crippen molar-refractivity contribution in [1.29, 1.82) is 0 Å². The zero-order valence-electron chi connectivity index (χ0n) is 15.6. The Morgan fingerprint density at radius 3 is 2.81 bits per heavy atom. The number of hydrogen-bond donors (Lipinski definition) is 0. The molecule has 27 heavy (non-hydrogen) atoms. The average Bonchev–Trinajstić information content (AvgIpc) is 3.44. The molecule has 1 aromatic carbocycles. The summed E-state index contributed by atoms with van der Waals surface area (Å²) in [5.74, 6) is 1.06. The number of carbonyl (C=O) groups excluding carboxylic acids is 1.